The minimum Gasteiger partial charge on any atom is -0.368 e. The van der Waals surface area contributed by atoms with Crippen LogP contribution in [0.5, 0.6) is 0 Å². The van der Waals surface area contributed by atoms with Gasteiger partial charge in [0.1, 0.15) is 0 Å². The van der Waals surface area contributed by atoms with E-state index in [9.17, 15) is 0 Å². The summed E-state index contributed by atoms with van der Waals surface area (Å²) in [6.07, 6.45) is 3.02. The molecule has 3 rings (SSSR count). The molecule has 0 spiro atoms. The molecule has 1 aliphatic rings. The van der Waals surface area contributed by atoms with E-state index in [0.29, 0.717) is 5.92 Å². The van der Waals surface area contributed by atoms with Crippen molar-refractivity contribution in [2.75, 3.05) is 37.6 Å². The topological polar surface area (TPSA) is 31.7 Å². The van der Waals surface area contributed by atoms with Crippen LogP contribution in [0.3, 0.4) is 0 Å². The van der Waals surface area contributed by atoms with Crippen molar-refractivity contribution in [3.63, 3.8) is 0 Å². The number of benzene rings is 1. The third-order valence-electron chi connectivity index (χ3n) is 4.93. The van der Waals surface area contributed by atoms with Gasteiger partial charge in [0, 0.05) is 50.0 Å². The summed E-state index contributed by atoms with van der Waals surface area (Å²) in [6, 6.07) is 8.80. The highest BCUT2D eigenvalue weighted by Crippen LogP contribution is 2.30. The lowest BCUT2D eigenvalue weighted by molar-refractivity contribution is 0.318. The zero-order valence-corrected chi connectivity index (χ0v) is 15.4. The van der Waals surface area contributed by atoms with Crippen molar-refractivity contribution in [2.45, 2.75) is 26.2 Å². The lowest BCUT2D eigenvalue weighted by atomic mass is 9.99. The molecular formula is C21H28N4. The number of anilines is 1. The Labute approximate surface area is 150 Å². The number of aliphatic imine (C=N–C) groups is 1. The molecule has 1 aliphatic heterocycles. The normalized spacial score (nSPS) is 16.2. The molecule has 0 aliphatic carbocycles. The molecule has 2 heterocycles. The van der Waals surface area contributed by atoms with E-state index in [1.165, 1.54) is 16.6 Å². The highest BCUT2D eigenvalue weighted by molar-refractivity contribution is 5.91. The van der Waals surface area contributed by atoms with Crippen molar-refractivity contribution in [1.82, 2.24) is 9.88 Å². The van der Waals surface area contributed by atoms with Crippen molar-refractivity contribution in [3.05, 3.63) is 48.3 Å². The van der Waals surface area contributed by atoms with Gasteiger partial charge in [0.15, 0.2) is 0 Å². The number of hydrogen-bond acceptors (Lipinski definition) is 4. The van der Waals surface area contributed by atoms with Crippen molar-refractivity contribution in [3.8, 4) is 0 Å². The van der Waals surface area contributed by atoms with Crippen LogP contribution in [0.25, 0.3) is 10.9 Å². The first-order valence-electron chi connectivity index (χ1n) is 9.09. The Morgan fingerprint density at radius 3 is 2.84 bits per heavy atom. The molecule has 1 aromatic carbocycles. The largest absolute Gasteiger partial charge is 0.368 e. The summed E-state index contributed by atoms with van der Waals surface area (Å²) in [4.78, 5) is 13.5. The van der Waals surface area contributed by atoms with Crippen LogP contribution in [0.4, 0.5) is 5.69 Å². The van der Waals surface area contributed by atoms with Crippen LogP contribution in [-0.2, 0) is 0 Å². The van der Waals surface area contributed by atoms with Gasteiger partial charge < -0.3 is 4.90 Å². The van der Waals surface area contributed by atoms with Crippen molar-refractivity contribution in [1.29, 1.82) is 0 Å². The molecule has 0 bridgehead atoms. The van der Waals surface area contributed by atoms with Gasteiger partial charge in [-0.05, 0) is 42.8 Å². The molecule has 2 aromatic rings. The van der Waals surface area contributed by atoms with E-state index in [-0.39, 0.29) is 0 Å². The summed E-state index contributed by atoms with van der Waals surface area (Å²) in [5, 5.41) is 1.23. The van der Waals surface area contributed by atoms with E-state index in [0.717, 1.165) is 50.4 Å². The molecule has 0 unspecified atom stereocenters. The highest BCUT2D eigenvalue weighted by atomic mass is 15.2. The zero-order chi connectivity index (χ0) is 17.8. The van der Waals surface area contributed by atoms with Crippen LogP contribution >= 0.6 is 0 Å². The van der Waals surface area contributed by atoms with Gasteiger partial charge in [-0.1, -0.05) is 26.5 Å². The van der Waals surface area contributed by atoms with Gasteiger partial charge in [-0.25, -0.2) is 0 Å². The molecule has 1 fully saturated rings. The van der Waals surface area contributed by atoms with Crippen molar-refractivity contribution in [2.24, 2.45) is 4.99 Å². The van der Waals surface area contributed by atoms with Crippen LogP contribution in [0.2, 0.25) is 0 Å². The number of hydrogen-bond donors (Lipinski definition) is 0. The predicted molar refractivity (Wildman–Crippen MR) is 108 cm³/mol. The summed E-state index contributed by atoms with van der Waals surface area (Å²) in [6.45, 7) is 17.0. The van der Waals surface area contributed by atoms with Crippen LogP contribution in [0.15, 0.2) is 47.7 Å². The minimum absolute atomic E-state index is 0.508. The Kier molecular flexibility index (Phi) is 5.49. The molecule has 1 saturated heterocycles. The van der Waals surface area contributed by atoms with Gasteiger partial charge in [-0.3, -0.25) is 14.9 Å². The Morgan fingerprint density at radius 1 is 1.24 bits per heavy atom. The fourth-order valence-corrected chi connectivity index (χ4v) is 3.45. The van der Waals surface area contributed by atoms with E-state index in [4.69, 9.17) is 0 Å². The van der Waals surface area contributed by atoms with Gasteiger partial charge in [0.2, 0.25) is 0 Å². The second-order valence-electron chi connectivity index (χ2n) is 7.11. The maximum atomic E-state index is 4.68. The second kappa shape index (κ2) is 7.79. The molecule has 0 atom stereocenters. The summed E-state index contributed by atoms with van der Waals surface area (Å²) in [5.41, 5.74) is 4.60. The van der Waals surface area contributed by atoms with Gasteiger partial charge in [-0.2, -0.15) is 0 Å². The van der Waals surface area contributed by atoms with Gasteiger partial charge in [-0.15, -0.1) is 0 Å². The van der Waals surface area contributed by atoms with Crippen LogP contribution in [-0.4, -0.2) is 49.3 Å². The maximum Gasteiger partial charge on any atom is 0.0935 e. The predicted octanol–water partition coefficient (Wildman–Crippen LogP) is 4.08. The average Bonchev–Trinajstić information content (AvgIpc) is 2.86. The molecule has 4 nitrogen and oxygen atoms in total. The number of aromatic nitrogens is 1. The number of pyridine rings is 1. The monoisotopic (exact) mass is 336 g/mol. The third-order valence-corrected chi connectivity index (χ3v) is 4.93. The van der Waals surface area contributed by atoms with E-state index < -0.39 is 0 Å². The molecule has 1 aromatic heterocycles. The molecule has 0 radical (unpaired) electrons. The van der Waals surface area contributed by atoms with E-state index in [1.807, 2.05) is 12.3 Å². The molecular weight excluding hydrogens is 308 g/mol. The fourth-order valence-electron chi connectivity index (χ4n) is 3.45. The second-order valence-corrected chi connectivity index (χ2v) is 7.11. The first-order chi connectivity index (χ1) is 12.1. The summed E-state index contributed by atoms with van der Waals surface area (Å²) >= 11 is 0. The van der Waals surface area contributed by atoms with Crippen LogP contribution in [0.1, 0.15) is 31.7 Å². The maximum absolute atomic E-state index is 4.68. The number of rotatable bonds is 5. The lowest BCUT2D eigenvalue weighted by Gasteiger charge is -2.25. The summed E-state index contributed by atoms with van der Waals surface area (Å²) in [5.74, 6) is 0.508. The SMILES string of the molecule is C=NC(=C)CN1CCCN(c2cc(C(C)C)cc3cccnc23)CC1. The summed E-state index contributed by atoms with van der Waals surface area (Å²) in [7, 11) is 0. The van der Waals surface area contributed by atoms with Gasteiger partial charge in [0.25, 0.3) is 0 Å². The average molecular weight is 336 g/mol. The third kappa shape index (κ3) is 4.07. The smallest absolute Gasteiger partial charge is 0.0935 e. The first-order valence-corrected chi connectivity index (χ1v) is 9.09. The first kappa shape index (κ1) is 17.6. The van der Waals surface area contributed by atoms with E-state index in [2.05, 4.69) is 65.1 Å². The Balaban J connectivity index is 1.88. The molecule has 132 valence electrons. The van der Waals surface area contributed by atoms with Crippen molar-refractivity contribution >= 4 is 23.3 Å². The number of fused-ring (bicyclic) bond motifs is 1. The van der Waals surface area contributed by atoms with Gasteiger partial charge >= 0.3 is 0 Å². The molecule has 25 heavy (non-hydrogen) atoms. The Morgan fingerprint density at radius 2 is 2.08 bits per heavy atom. The fraction of sp³-hybridized carbons (Fsp3) is 0.429. The minimum atomic E-state index is 0.508. The summed E-state index contributed by atoms with van der Waals surface area (Å²) < 4.78 is 0. The van der Waals surface area contributed by atoms with Gasteiger partial charge in [0.05, 0.1) is 11.2 Å². The highest BCUT2D eigenvalue weighted by Gasteiger charge is 2.19. The lowest BCUT2D eigenvalue weighted by Crippen LogP contribution is -2.31. The zero-order valence-electron chi connectivity index (χ0n) is 15.4. The van der Waals surface area contributed by atoms with E-state index >= 15 is 0 Å². The van der Waals surface area contributed by atoms with E-state index in [1.54, 1.807) is 0 Å². The van der Waals surface area contributed by atoms with Crippen LogP contribution < -0.4 is 4.90 Å². The standard InChI is InChI=1S/C21H28N4/c1-16(2)19-13-18-7-5-8-23-21(18)20(14-19)25-10-6-9-24(11-12-25)15-17(3)22-4/h5,7-8,13-14,16H,3-4,6,9-12,15H2,1-2H3. The Hall–Kier alpha value is -2.20. The molecule has 0 saturated carbocycles. The number of nitrogens with zero attached hydrogens (tertiary/aromatic N) is 4. The van der Waals surface area contributed by atoms with Crippen molar-refractivity contribution < 1.29 is 0 Å². The van der Waals surface area contributed by atoms with Crippen LogP contribution in [0, 0.1) is 0 Å². The molecule has 0 N–H and O–H groups in total. The molecule has 0 amide bonds. The Bertz CT molecular complexity index is 766. The molecule has 4 heteroatoms. The quantitative estimate of drug-likeness (QED) is 0.771.